The average molecular weight is 581 g/mol. The number of hydrogen-bond acceptors (Lipinski definition) is 7. The minimum Gasteiger partial charge on any atom is -0.497 e. The first-order valence-electron chi connectivity index (χ1n) is 13.8. The number of amides is 1. The third-order valence-corrected chi connectivity index (χ3v) is 8.56. The zero-order chi connectivity index (χ0) is 28.9. The molecule has 6 rings (SSSR count). The van der Waals surface area contributed by atoms with Crippen LogP contribution >= 0.6 is 11.3 Å². The largest absolute Gasteiger partial charge is 0.497 e. The van der Waals surface area contributed by atoms with Crippen LogP contribution in [0.3, 0.4) is 0 Å². The Balaban J connectivity index is 1.15. The summed E-state index contributed by atoms with van der Waals surface area (Å²) in [5.74, 6) is 1.61. The summed E-state index contributed by atoms with van der Waals surface area (Å²) in [6.45, 7) is 3.85. The van der Waals surface area contributed by atoms with E-state index < -0.39 is 6.09 Å². The van der Waals surface area contributed by atoms with E-state index in [0.29, 0.717) is 19.7 Å². The average Bonchev–Trinajstić information content (AvgIpc) is 3.47. The van der Waals surface area contributed by atoms with Gasteiger partial charge in [0.1, 0.15) is 18.1 Å². The molecule has 0 radical (unpaired) electrons. The van der Waals surface area contributed by atoms with Crippen LogP contribution in [0.1, 0.15) is 11.1 Å². The van der Waals surface area contributed by atoms with Gasteiger partial charge in [-0.1, -0.05) is 36.4 Å². The van der Waals surface area contributed by atoms with Crippen LogP contribution in [0.15, 0.2) is 91.1 Å². The Morgan fingerprint density at radius 2 is 1.74 bits per heavy atom. The molecule has 0 aliphatic carbocycles. The molecule has 8 nitrogen and oxygen atoms in total. The smallest absolute Gasteiger partial charge is 0.407 e. The molecule has 1 amide bonds. The van der Waals surface area contributed by atoms with Gasteiger partial charge in [-0.2, -0.15) is 0 Å². The molecule has 1 saturated heterocycles. The zero-order valence-corrected chi connectivity index (χ0v) is 24.1. The van der Waals surface area contributed by atoms with Gasteiger partial charge in [-0.15, -0.1) is 11.3 Å². The number of aromatic nitrogens is 1. The van der Waals surface area contributed by atoms with Crippen LogP contribution in [0.5, 0.6) is 11.5 Å². The number of pyridine rings is 1. The standard InChI is InChI=1S/C33H32N4O4S/c1-40-27-10-8-23(9-11-27)22-41-28-7-3-6-26(19-28)35-29-12-13-34-30-20-31(42-32(29)30)25-5-2-4-24(18-25)21-36-14-16-37(17-15-36)33(38)39/h2-13,18-20H,14-17,21-22H2,1H3,(H,34,35)(H,38,39). The Hall–Kier alpha value is -4.60. The number of nitrogens with one attached hydrogen (secondary N) is 1. The van der Waals surface area contributed by atoms with E-state index in [-0.39, 0.29) is 0 Å². The molecule has 214 valence electrons. The predicted molar refractivity (Wildman–Crippen MR) is 167 cm³/mol. The van der Waals surface area contributed by atoms with Crippen molar-refractivity contribution in [3.8, 4) is 21.9 Å². The molecule has 0 saturated carbocycles. The van der Waals surface area contributed by atoms with Crippen molar-refractivity contribution in [1.82, 2.24) is 14.8 Å². The Kier molecular flexibility index (Phi) is 8.21. The van der Waals surface area contributed by atoms with Crippen molar-refractivity contribution in [3.63, 3.8) is 0 Å². The van der Waals surface area contributed by atoms with Gasteiger partial charge in [0.05, 0.1) is 23.0 Å². The molecule has 0 atom stereocenters. The van der Waals surface area contributed by atoms with Crippen LogP contribution in [-0.2, 0) is 13.2 Å². The lowest BCUT2D eigenvalue weighted by Gasteiger charge is -2.33. The molecule has 0 unspecified atom stereocenters. The summed E-state index contributed by atoms with van der Waals surface area (Å²) in [5, 5.41) is 12.8. The van der Waals surface area contributed by atoms with Crippen molar-refractivity contribution >= 4 is 39.0 Å². The molecular formula is C33H32N4O4S. The SMILES string of the molecule is COc1ccc(COc2cccc(Nc3ccnc4cc(-c5cccc(CN6CCN(C(=O)O)CC6)c5)sc34)c2)cc1. The highest BCUT2D eigenvalue weighted by Gasteiger charge is 2.20. The molecule has 0 spiro atoms. The molecule has 9 heteroatoms. The van der Waals surface area contributed by atoms with Crippen molar-refractivity contribution in [2.75, 3.05) is 38.6 Å². The maximum Gasteiger partial charge on any atom is 0.407 e. The minimum absolute atomic E-state index is 0.471. The molecule has 5 aromatic rings. The first-order chi connectivity index (χ1) is 20.5. The number of benzene rings is 3. The molecule has 42 heavy (non-hydrogen) atoms. The predicted octanol–water partition coefficient (Wildman–Crippen LogP) is 7.09. The fourth-order valence-corrected chi connectivity index (χ4v) is 6.15. The summed E-state index contributed by atoms with van der Waals surface area (Å²) in [6.07, 6.45) is 0.993. The van der Waals surface area contributed by atoms with E-state index in [0.717, 1.165) is 68.7 Å². The summed E-state index contributed by atoms with van der Waals surface area (Å²) >= 11 is 1.72. The van der Waals surface area contributed by atoms with Gasteiger partial charge in [-0.25, -0.2) is 4.79 Å². The Morgan fingerprint density at radius 3 is 2.52 bits per heavy atom. The van der Waals surface area contributed by atoms with Crippen LogP contribution in [0.25, 0.3) is 20.7 Å². The number of rotatable bonds is 9. The number of fused-ring (bicyclic) bond motifs is 1. The fourth-order valence-electron chi connectivity index (χ4n) is 5.06. The topological polar surface area (TPSA) is 87.2 Å². The minimum atomic E-state index is -0.838. The van der Waals surface area contributed by atoms with E-state index in [2.05, 4.69) is 45.5 Å². The number of carbonyl (C=O) groups is 1. The molecule has 1 fully saturated rings. The number of piperazine rings is 1. The Morgan fingerprint density at radius 1 is 0.929 bits per heavy atom. The number of nitrogens with zero attached hydrogens (tertiary/aromatic N) is 3. The molecular weight excluding hydrogens is 548 g/mol. The van der Waals surface area contributed by atoms with Crippen LogP contribution in [0.2, 0.25) is 0 Å². The number of thiophene rings is 1. The third-order valence-electron chi connectivity index (χ3n) is 7.35. The van der Waals surface area contributed by atoms with E-state index in [1.54, 1.807) is 18.4 Å². The normalized spacial score (nSPS) is 13.7. The molecule has 3 aromatic carbocycles. The number of anilines is 2. The van der Waals surface area contributed by atoms with Gasteiger partial charge >= 0.3 is 6.09 Å². The second-order valence-electron chi connectivity index (χ2n) is 10.2. The van der Waals surface area contributed by atoms with Gasteiger partial charge < -0.3 is 24.8 Å². The molecule has 1 aliphatic rings. The van der Waals surface area contributed by atoms with Crippen LogP contribution in [-0.4, -0.2) is 59.3 Å². The third kappa shape index (κ3) is 6.48. The van der Waals surface area contributed by atoms with Gasteiger partial charge in [0.2, 0.25) is 0 Å². The van der Waals surface area contributed by atoms with E-state index in [1.807, 2.05) is 60.8 Å². The lowest BCUT2D eigenvalue weighted by atomic mass is 10.1. The van der Waals surface area contributed by atoms with Gasteiger partial charge in [0, 0.05) is 55.6 Å². The number of carboxylic acid groups (broad SMARTS) is 1. The van der Waals surface area contributed by atoms with Crippen molar-refractivity contribution in [3.05, 3.63) is 102 Å². The second-order valence-corrected chi connectivity index (χ2v) is 11.3. The maximum atomic E-state index is 11.2. The monoisotopic (exact) mass is 580 g/mol. The summed E-state index contributed by atoms with van der Waals surface area (Å²) < 4.78 is 12.4. The van der Waals surface area contributed by atoms with Crippen LogP contribution in [0.4, 0.5) is 16.2 Å². The van der Waals surface area contributed by atoms with Crippen LogP contribution in [0, 0.1) is 0 Å². The Labute approximate surface area is 248 Å². The van der Waals surface area contributed by atoms with E-state index in [9.17, 15) is 9.90 Å². The second kappa shape index (κ2) is 12.5. The van der Waals surface area contributed by atoms with Crippen molar-refractivity contribution in [2.45, 2.75) is 13.2 Å². The number of methoxy groups -OCH3 is 1. The summed E-state index contributed by atoms with van der Waals surface area (Å²) in [4.78, 5) is 20.8. The molecule has 3 heterocycles. The van der Waals surface area contributed by atoms with Crippen molar-refractivity contribution < 1.29 is 19.4 Å². The molecule has 2 N–H and O–H groups in total. The summed E-state index contributed by atoms with van der Waals surface area (Å²) in [5.41, 5.74) is 6.32. The molecule has 0 bridgehead atoms. The highest BCUT2D eigenvalue weighted by molar-refractivity contribution is 7.22. The highest BCUT2D eigenvalue weighted by Crippen LogP contribution is 2.38. The van der Waals surface area contributed by atoms with E-state index in [1.165, 1.54) is 10.5 Å². The molecule has 2 aromatic heterocycles. The van der Waals surface area contributed by atoms with E-state index >= 15 is 0 Å². The summed E-state index contributed by atoms with van der Waals surface area (Å²) in [6, 6.07) is 28.6. The number of ether oxygens (including phenoxy) is 2. The van der Waals surface area contributed by atoms with Crippen LogP contribution < -0.4 is 14.8 Å². The molecule has 1 aliphatic heterocycles. The van der Waals surface area contributed by atoms with Gasteiger partial charge in [-0.05, 0) is 59.2 Å². The number of hydrogen-bond donors (Lipinski definition) is 2. The zero-order valence-electron chi connectivity index (χ0n) is 23.3. The highest BCUT2D eigenvalue weighted by atomic mass is 32.1. The van der Waals surface area contributed by atoms with Gasteiger partial charge in [0.15, 0.2) is 0 Å². The summed E-state index contributed by atoms with van der Waals surface area (Å²) in [7, 11) is 1.66. The fraction of sp³-hybridized carbons (Fsp3) is 0.212. The first-order valence-corrected chi connectivity index (χ1v) is 14.7. The first kappa shape index (κ1) is 27.6. The van der Waals surface area contributed by atoms with E-state index in [4.69, 9.17) is 9.47 Å². The lowest BCUT2D eigenvalue weighted by molar-refractivity contribution is 0.103. The van der Waals surface area contributed by atoms with Crippen molar-refractivity contribution in [1.29, 1.82) is 0 Å². The Bertz CT molecular complexity index is 1680. The maximum absolute atomic E-state index is 11.2. The quantitative estimate of drug-likeness (QED) is 0.192. The van der Waals surface area contributed by atoms with Gasteiger partial charge in [0.25, 0.3) is 0 Å². The lowest BCUT2D eigenvalue weighted by Crippen LogP contribution is -2.47. The van der Waals surface area contributed by atoms with Crippen molar-refractivity contribution in [2.24, 2.45) is 0 Å². The van der Waals surface area contributed by atoms with Gasteiger partial charge in [-0.3, -0.25) is 9.88 Å².